The number of hydrogen-bond donors (Lipinski definition) is 0. The van der Waals surface area contributed by atoms with E-state index < -0.39 is 0 Å². The van der Waals surface area contributed by atoms with Crippen molar-refractivity contribution in [3.8, 4) is 0 Å². The van der Waals surface area contributed by atoms with Crippen molar-refractivity contribution in [3.63, 3.8) is 0 Å². The van der Waals surface area contributed by atoms with Crippen LogP contribution < -0.4 is 0 Å². The van der Waals surface area contributed by atoms with Crippen molar-refractivity contribution >= 4 is 23.2 Å². The molecule has 0 bridgehead atoms. The number of aliphatic imine (C=N–C) groups is 1. The minimum Gasteiger partial charge on any atom is -0.343 e. The van der Waals surface area contributed by atoms with Crippen LogP contribution in [0.4, 0.5) is 0 Å². The minimum atomic E-state index is 0.760. The van der Waals surface area contributed by atoms with E-state index in [1.807, 2.05) is 24.7 Å². The van der Waals surface area contributed by atoms with Gasteiger partial charge in [0.05, 0.1) is 17.8 Å². The van der Waals surface area contributed by atoms with E-state index in [0.717, 1.165) is 6.54 Å². The van der Waals surface area contributed by atoms with Crippen LogP contribution in [0.2, 0.25) is 0 Å². The van der Waals surface area contributed by atoms with Crippen molar-refractivity contribution < 1.29 is 0 Å². The highest BCUT2D eigenvalue weighted by molar-refractivity contribution is 6.03. The van der Waals surface area contributed by atoms with Gasteiger partial charge in [-0.2, -0.15) is 0 Å². The van der Waals surface area contributed by atoms with Crippen LogP contribution in [0.3, 0.4) is 0 Å². The van der Waals surface area contributed by atoms with Gasteiger partial charge in [-0.3, -0.25) is 9.98 Å². The van der Waals surface area contributed by atoms with E-state index in [1.54, 1.807) is 0 Å². The van der Waals surface area contributed by atoms with Gasteiger partial charge in [0.1, 0.15) is 0 Å². The molecule has 3 heterocycles. The van der Waals surface area contributed by atoms with E-state index in [1.165, 1.54) is 22.2 Å². The summed E-state index contributed by atoms with van der Waals surface area (Å²) in [5.74, 6) is 0. The quantitative estimate of drug-likeness (QED) is 0.635. The molecule has 0 saturated heterocycles. The third-order valence-electron chi connectivity index (χ3n) is 2.79. The van der Waals surface area contributed by atoms with E-state index in [9.17, 15) is 0 Å². The molecule has 2 aromatic rings. The number of pyridine rings is 1. The standard InChI is InChI=1S/C12H11N3/c1-15-11-3-2-5-13-7-9(11)10-8-14-6-4-12(10)15/h2-4,6-8H,5H2,1H3. The topological polar surface area (TPSA) is 30.2 Å². The SMILES string of the molecule is Cn1c2c(c3cnccc31)C=NCC=C2. The molecule has 0 aromatic carbocycles. The molecular formula is C12H11N3. The van der Waals surface area contributed by atoms with Crippen LogP contribution in [0, 0.1) is 0 Å². The second-order valence-electron chi connectivity index (χ2n) is 3.65. The summed E-state index contributed by atoms with van der Waals surface area (Å²) in [6.45, 7) is 0.760. The van der Waals surface area contributed by atoms with Gasteiger partial charge in [-0.15, -0.1) is 0 Å². The Kier molecular flexibility index (Phi) is 1.71. The lowest BCUT2D eigenvalue weighted by Gasteiger charge is -1.98. The fourth-order valence-corrected chi connectivity index (χ4v) is 2.04. The van der Waals surface area contributed by atoms with Crippen molar-refractivity contribution in [1.82, 2.24) is 9.55 Å². The van der Waals surface area contributed by atoms with Gasteiger partial charge in [-0.05, 0) is 12.1 Å². The van der Waals surface area contributed by atoms with Crippen LogP contribution in [-0.4, -0.2) is 22.3 Å². The lowest BCUT2D eigenvalue weighted by molar-refractivity contribution is 0.953. The van der Waals surface area contributed by atoms with E-state index in [0.29, 0.717) is 0 Å². The van der Waals surface area contributed by atoms with Gasteiger partial charge in [0.25, 0.3) is 0 Å². The number of hydrogen-bond acceptors (Lipinski definition) is 2. The summed E-state index contributed by atoms with van der Waals surface area (Å²) in [6, 6.07) is 2.03. The van der Waals surface area contributed by atoms with Crippen LogP contribution in [-0.2, 0) is 7.05 Å². The zero-order valence-electron chi connectivity index (χ0n) is 8.51. The van der Waals surface area contributed by atoms with E-state index >= 15 is 0 Å². The van der Waals surface area contributed by atoms with Crippen LogP contribution in [0.5, 0.6) is 0 Å². The molecule has 0 amide bonds. The molecule has 0 radical (unpaired) electrons. The van der Waals surface area contributed by atoms with Crippen LogP contribution in [0.25, 0.3) is 17.0 Å². The number of rotatable bonds is 0. The first-order valence-corrected chi connectivity index (χ1v) is 4.96. The highest BCUT2D eigenvalue weighted by Crippen LogP contribution is 2.24. The highest BCUT2D eigenvalue weighted by atomic mass is 15.0. The average molecular weight is 197 g/mol. The van der Waals surface area contributed by atoms with Crippen LogP contribution in [0.15, 0.2) is 29.5 Å². The van der Waals surface area contributed by atoms with Gasteiger partial charge in [0, 0.05) is 36.6 Å². The molecule has 0 N–H and O–H groups in total. The first-order chi connectivity index (χ1) is 7.38. The van der Waals surface area contributed by atoms with Crippen molar-refractivity contribution in [3.05, 3.63) is 35.8 Å². The summed E-state index contributed by atoms with van der Waals surface area (Å²) in [6.07, 6.45) is 9.87. The number of aromatic nitrogens is 2. The smallest absolute Gasteiger partial charge is 0.0574 e. The molecule has 3 rings (SSSR count). The Morgan fingerprint density at radius 3 is 3.27 bits per heavy atom. The number of aryl methyl sites for hydroxylation is 1. The van der Waals surface area contributed by atoms with Gasteiger partial charge in [0.2, 0.25) is 0 Å². The first-order valence-electron chi connectivity index (χ1n) is 4.96. The third-order valence-corrected chi connectivity index (χ3v) is 2.79. The van der Waals surface area contributed by atoms with Crippen molar-refractivity contribution in [2.75, 3.05) is 6.54 Å². The summed E-state index contributed by atoms with van der Waals surface area (Å²) < 4.78 is 2.18. The Morgan fingerprint density at radius 2 is 2.33 bits per heavy atom. The normalized spacial score (nSPS) is 14.2. The molecule has 0 spiro atoms. The molecule has 1 aliphatic rings. The van der Waals surface area contributed by atoms with Gasteiger partial charge >= 0.3 is 0 Å². The lowest BCUT2D eigenvalue weighted by atomic mass is 10.2. The number of fused-ring (bicyclic) bond motifs is 3. The maximum absolute atomic E-state index is 4.32. The molecule has 15 heavy (non-hydrogen) atoms. The molecular weight excluding hydrogens is 186 g/mol. The van der Waals surface area contributed by atoms with E-state index in [-0.39, 0.29) is 0 Å². The predicted molar refractivity (Wildman–Crippen MR) is 62.2 cm³/mol. The van der Waals surface area contributed by atoms with Gasteiger partial charge in [-0.1, -0.05) is 6.08 Å². The summed E-state index contributed by atoms with van der Waals surface area (Å²) in [4.78, 5) is 8.49. The second-order valence-corrected chi connectivity index (χ2v) is 3.65. The maximum atomic E-state index is 4.32. The van der Waals surface area contributed by atoms with E-state index in [2.05, 4.69) is 33.7 Å². The van der Waals surface area contributed by atoms with Crippen molar-refractivity contribution in [1.29, 1.82) is 0 Å². The number of nitrogens with zero attached hydrogens (tertiary/aromatic N) is 3. The Bertz CT molecular complexity index is 576. The Labute approximate surface area is 87.8 Å². The maximum Gasteiger partial charge on any atom is 0.0574 e. The Balaban J connectivity index is 2.48. The summed E-state index contributed by atoms with van der Waals surface area (Å²) in [5.41, 5.74) is 3.58. The average Bonchev–Trinajstić information content (AvgIpc) is 2.48. The fraction of sp³-hybridized carbons (Fsp3) is 0.167. The molecule has 0 aliphatic carbocycles. The molecule has 0 fully saturated rings. The zero-order valence-corrected chi connectivity index (χ0v) is 8.51. The molecule has 2 aromatic heterocycles. The highest BCUT2D eigenvalue weighted by Gasteiger charge is 2.11. The molecule has 74 valence electrons. The monoisotopic (exact) mass is 197 g/mol. The molecule has 3 heteroatoms. The summed E-state index contributed by atoms with van der Waals surface area (Å²) in [5, 5.41) is 1.17. The third kappa shape index (κ3) is 1.13. The van der Waals surface area contributed by atoms with Gasteiger partial charge < -0.3 is 4.57 Å². The first kappa shape index (κ1) is 8.41. The lowest BCUT2D eigenvalue weighted by Crippen LogP contribution is -1.91. The van der Waals surface area contributed by atoms with Gasteiger partial charge in [-0.25, -0.2) is 0 Å². The largest absolute Gasteiger partial charge is 0.343 e. The molecule has 3 nitrogen and oxygen atoms in total. The van der Waals surface area contributed by atoms with Crippen molar-refractivity contribution in [2.24, 2.45) is 12.0 Å². The predicted octanol–water partition coefficient (Wildman–Crippen LogP) is 2.02. The molecule has 0 atom stereocenters. The molecule has 0 saturated carbocycles. The van der Waals surface area contributed by atoms with Crippen LogP contribution >= 0.6 is 0 Å². The minimum absolute atomic E-state index is 0.760. The summed E-state index contributed by atoms with van der Waals surface area (Å²) >= 11 is 0. The van der Waals surface area contributed by atoms with Crippen molar-refractivity contribution in [2.45, 2.75) is 0 Å². The van der Waals surface area contributed by atoms with E-state index in [4.69, 9.17) is 0 Å². The molecule has 1 aliphatic heterocycles. The van der Waals surface area contributed by atoms with Gasteiger partial charge in [0.15, 0.2) is 0 Å². The Hall–Kier alpha value is -1.90. The second kappa shape index (κ2) is 3.05. The Morgan fingerprint density at radius 1 is 1.40 bits per heavy atom. The summed E-state index contributed by atoms with van der Waals surface area (Å²) in [7, 11) is 2.07. The fourth-order valence-electron chi connectivity index (χ4n) is 2.04. The zero-order chi connectivity index (χ0) is 10.3. The van der Waals surface area contributed by atoms with Crippen LogP contribution in [0.1, 0.15) is 11.3 Å². The molecule has 0 unspecified atom stereocenters.